The Morgan fingerprint density at radius 3 is 1.60 bits per heavy atom. The molecule has 3 aromatic heterocycles. The molecule has 0 fully saturated rings. The molecule has 0 saturated heterocycles. The van der Waals surface area contributed by atoms with Crippen molar-refractivity contribution in [2.45, 2.75) is 5.41 Å². The highest BCUT2D eigenvalue weighted by Crippen LogP contribution is 2.63. The zero-order valence-electron chi connectivity index (χ0n) is 33.8. The summed E-state index contributed by atoms with van der Waals surface area (Å²) >= 11 is 0. The molecule has 0 bridgehead atoms. The second-order valence-electron chi connectivity index (χ2n) is 16.7. The Morgan fingerprint density at radius 1 is 0.349 bits per heavy atom. The second-order valence-corrected chi connectivity index (χ2v) is 16.7. The molecule has 0 unspecified atom stereocenters. The van der Waals surface area contributed by atoms with Crippen molar-refractivity contribution in [1.82, 2.24) is 19.5 Å². The molecule has 2 aliphatic rings. The van der Waals surface area contributed by atoms with E-state index in [1.54, 1.807) is 0 Å². The van der Waals surface area contributed by atoms with Gasteiger partial charge in [-0.3, -0.25) is 4.57 Å². The summed E-state index contributed by atoms with van der Waals surface area (Å²) in [6, 6.07) is 73.7. The Hall–Kier alpha value is -8.41. The van der Waals surface area contributed by atoms with Gasteiger partial charge in [-0.15, -0.1) is 0 Å². The number of hydrogen-bond donors (Lipinski definition) is 0. The van der Waals surface area contributed by atoms with Crippen LogP contribution in [-0.2, 0) is 5.41 Å². The molecule has 9 aromatic carbocycles. The normalized spacial score (nSPS) is 13.2. The number of rotatable bonds is 4. The first-order valence-electron chi connectivity index (χ1n) is 21.4. The SMILES string of the molecule is c1ccc(-c2nc(-c3ccc(-c4cccc5c4oc4ccccc45)cc3)nc(-n3c4ccccc4c4cc5c(cc43)-c3ccccc3C53c4ccccc4-c4ccccc43)n2)cc1. The number of furan rings is 1. The van der Waals surface area contributed by atoms with Crippen molar-refractivity contribution in [3.63, 3.8) is 0 Å². The maximum atomic E-state index is 6.41. The van der Waals surface area contributed by atoms with Gasteiger partial charge in [0.05, 0.1) is 16.4 Å². The zero-order chi connectivity index (χ0) is 41.2. The van der Waals surface area contributed by atoms with E-state index in [4.69, 9.17) is 19.4 Å². The number of benzene rings is 9. The van der Waals surface area contributed by atoms with Gasteiger partial charge in [0.1, 0.15) is 11.2 Å². The van der Waals surface area contributed by atoms with Crippen molar-refractivity contribution >= 4 is 43.7 Å². The summed E-state index contributed by atoms with van der Waals surface area (Å²) < 4.78 is 8.65. The van der Waals surface area contributed by atoms with E-state index in [2.05, 4.69) is 180 Å². The first-order valence-corrected chi connectivity index (χ1v) is 21.4. The van der Waals surface area contributed by atoms with Crippen LogP contribution in [0.5, 0.6) is 0 Å². The van der Waals surface area contributed by atoms with Crippen LogP contribution in [0.15, 0.2) is 211 Å². The number of hydrogen-bond acceptors (Lipinski definition) is 4. The van der Waals surface area contributed by atoms with E-state index in [0.29, 0.717) is 17.6 Å². The molecule has 5 heteroatoms. The summed E-state index contributed by atoms with van der Waals surface area (Å²) in [6.07, 6.45) is 0. The van der Waals surface area contributed by atoms with Crippen molar-refractivity contribution in [3.05, 3.63) is 229 Å². The quantitative estimate of drug-likeness (QED) is 0.178. The van der Waals surface area contributed by atoms with E-state index in [1.807, 2.05) is 30.3 Å². The fraction of sp³-hybridized carbons (Fsp3) is 0.0172. The van der Waals surface area contributed by atoms with Crippen LogP contribution in [0.25, 0.3) is 106 Å². The van der Waals surface area contributed by atoms with E-state index in [0.717, 1.165) is 66.0 Å². The van der Waals surface area contributed by atoms with Gasteiger partial charge >= 0.3 is 0 Å². The van der Waals surface area contributed by atoms with E-state index >= 15 is 0 Å². The number of para-hydroxylation sites is 3. The fourth-order valence-electron chi connectivity index (χ4n) is 10.9. The summed E-state index contributed by atoms with van der Waals surface area (Å²) in [6.45, 7) is 0. The minimum Gasteiger partial charge on any atom is -0.455 e. The highest BCUT2D eigenvalue weighted by Gasteiger charge is 2.51. The minimum atomic E-state index is -0.445. The van der Waals surface area contributed by atoms with Gasteiger partial charge in [-0.05, 0) is 74.3 Å². The van der Waals surface area contributed by atoms with Crippen molar-refractivity contribution in [3.8, 4) is 62.1 Å². The second kappa shape index (κ2) is 12.8. The topological polar surface area (TPSA) is 56.7 Å². The predicted octanol–water partition coefficient (Wildman–Crippen LogP) is 14.2. The third-order valence-electron chi connectivity index (χ3n) is 13.5. The van der Waals surface area contributed by atoms with Crippen LogP contribution in [0.3, 0.4) is 0 Å². The average molecular weight is 803 g/mol. The Morgan fingerprint density at radius 2 is 0.889 bits per heavy atom. The lowest BCUT2D eigenvalue weighted by Crippen LogP contribution is -2.25. The van der Waals surface area contributed by atoms with Gasteiger partial charge < -0.3 is 4.42 Å². The van der Waals surface area contributed by atoms with Gasteiger partial charge in [-0.25, -0.2) is 4.98 Å². The number of aromatic nitrogens is 4. The minimum absolute atomic E-state index is 0.445. The van der Waals surface area contributed by atoms with Crippen LogP contribution in [0.4, 0.5) is 0 Å². The third kappa shape index (κ3) is 4.68. The predicted molar refractivity (Wildman–Crippen MR) is 254 cm³/mol. The third-order valence-corrected chi connectivity index (χ3v) is 13.5. The van der Waals surface area contributed by atoms with E-state index in [1.165, 1.54) is 44.5 Å². The molecule has 5 nitrogen and oxygen atoms in total. The van der Waals surface area contributed by atoms with Gasteiger partial charge in [0.25, 0.3) is 0 Å². The molecule has 14 rings (SSSR count). The molecular weight excluding hydrogens is 769 g/mol. The average Bonchev–Trinajstić information content (AvgIpc) is 4.07. The van der Waals surface area contributed by atoms with Crippen LogP contribution in [0, 0.1) is 0 Å². The summed E-state index contributed by atoms with van der Waals surface area (Å²) in [7, 11) is 0. The zero-order valence-corrected chi connectivity index (χ0v) is 33.8. The van der Waals surface area contributed by atoms with Crippen LogP contribution in [0.2, 0.25) is 0 Å². The van der Waals surface area contributed by atoms with Crippen LogP contribution in [-0.4, -0.2) is 19.5 Å². The molecule has 12 aromatic rings. The molecule has 0 N–H and O–H groups in total. The number of nitrogens with zero attached hydrogens (tertiary/aromatic N) is 4. The largest absolute Gasteiger partial charge is 0.455 e. The van der Waals surface area contributed by atoms with Crippen LogP contribution < -0.4 is 0 Å². The van der Waals surface area contributed by atoms with Crippen molar-refractivity contribution in [2.24, 2.45) is 0 Å². The Bertz CT molecular complexity index is 3810. The van der Waals surface area contributed by atoms with Gasteiger partial charge in [-0.2, -0.15) is 9.97 Å². The monoisotopic (exact) mass is 802 g/mol. The summed E-state index contributed by atoms with van der Waals surface area (Å²) in [5, 5.41) is 4.53. The van der Waals surface area contributed by atoms with Gasteiger partial charge in [0.2, 0.25) is 5.95 Å². The van der Waals surface area contributed by atoms with E-state index in [-0.39, 0.29) is 0 Å². The van der Waals surface area contributed by atoms with Crippen molar-refractivity contribution in [2.75, 3.05) is 0 Å². The molecule has 0 saturated carbocycles. The first-order chi connectivity index (χ1) is 31.2. The lowest BCUT2D eigenvalue weighted by Gasteiger charge is -2.30. The molecule has 0 atom stereocenters. The van der Waals surface area contributed by atoms with Gasteiger partial charge in [0, 0.05) is 38.2 Å². The standard InChI is InChI=1S/C58H34N4O/c1-2-15-36(16-3-1)55-59-56(37-31-29-35(30-32-37)38-22-14-23-44-43-21-8-13-28-53(43)63-54(38)44)61-57(60-55)62-51-27-12-7-20-42(51)46-33-50-45(34-52(46)62)41-19-6-11-26-49(41)58(50)47-24-9-4-17-39(47)40-18-5-10-25-48(40)58/h1-34H. The Balaban J connectivity index is 0.990. The van der Waals surface area contributed by atoms with Crippen LogP contribution >= 0.6 is 0 Å². The summed E-state index contributed by atoms with van der Waals surface area (Å²) in [5.41, 5.74) is 17.7. The Kier molecular flexibility index (Phi) is 6.97. The molecule has 3 heterocycles. The lowest BCUT2D eigenvalue weighted by molar-refractivity contribution is 0.670. The van der Waals surface area contributed by atoms with Gasteiger partial charge in [0.15, 0.2) is 11.6 Å². The number of fused-ring (bicyclic) bond motifs is 16. The highest BCUT2D eigenvalue weighted by atomic mass is 16.3. The van der Waals surface area contributed by atoms with Crippen molar-refractivity contribution in [1.29, 1.82) is 0 Å². The summed E-state index contributed by atoms with van der Waals surface area (Å²) in [4.78, 5) is 15.8. The van der Waals surface area contributed by atoms with Crippen molar-refractivity contribution < 1.29 is 4.42 Å². The van der Waals surface area contributed by atoms with Crippen LogP contribution in [0.1, 0.15) is 22.3 Å². The first kappa shape index (κ1) is 34.3. The molecule has 2 aliphatic carbocycles. The molecule has 292 valence electrons. The molecule has 1 spiro atoms. The highest BCUT2D eigenvalue weighted by molar-refractivity contribution is 6.12. The molecule has 0 amide bonds. The maximum Gasteiger partial charge on any atom is 0.238 e. The molecule has 0 aliphatic heterocycles. The maximum absolute atomic E-state index is 6.41. The lowest BCUT2D eigenvalue weighted by atomic mass is 9.70. The smallest absolute Gasteiger partial charge is 0.238 e. The fourth-order valence-corrected chi connectivity index (χ4v) is 10.9. The molecular formula is C58H34N4O. The van der Waals surface area contributed by atoms with Gasteiger partial charge in [-0.1, -0.05) is 182 Å². The Labute approximate surface area is 362 Å². The molecule has 63 heavy (non-hydrogen) atoms. The van der Waals surface area contributed by atoms with E-state index < -0.39 is 5.41 Å². The summed E-state index contributed by atoms with van der Waals surface area (Å²) in [5.74, 6) is 1.78. The van der Waals surface area contributed by atoms with E-state index in [9.17, 15) is 0 Å². The molecule has 0 radical (unpaired) electrons.